The first-order chi connectivity index (χ1) is 11.7. The second-order valence-electron chi connectivity index (χ2n) is 5.63. The number of hydrogen-bond acceptors (Lipinski definition) is 4. The minimum absolute atomic E-state index is 0.683. The molecule has 0 aliphatic carbocycles. The Morgan fingerprint density at radius 3 is 2.75 bits per heavy atom. The van der Waals surface area contributed by atoms with Gasteiger partial charge in [0.05, 0.1) is 19.1 Å². The van der Waals surface area contributed by atoms with Gasteiger partial charge in [-0.3, -0.25) is 4.90 Å². The quantitative estimate of drug-likeness (QED) is 0.751. The topological polar surface area (TPSA) is 57.7 Å². The van der Waals surface area contributed by atoms with Crippen LogP contribution < -0.4 is 0 Å². The second-order valence-corrected chi connectivity index (χ2v) is 5.63. The molecule has 1 aromatic carbocycles. The predicted octanol–water partition coefficient (Wildman–Crippen LogP) is 3.02. The van der Waals surface area contributed by atoms with Crippen LogP contribution in [0, 0.1) is 18.8 Å². The first-order valence-electron chi connectivity index (χ1n) is 8.19. The molecule has 5 nitrogen and oxygen atoms in total. The molecule has 0 radical (unpaired) electrons. The maximum Gasteiger partial charge on any atom is 0.181 e. The van der Waals surface area contributed by atoms with Crippen LogP contribution in [0.3, 0.4) is 0 Å². The third kappa shape index (κ3) is 3.44. The highest BCUT2D eigenvalue weighted by atomic mass is 15.1. The summed E-state index contributed by atoms with van der Waals surface area (Å²) in [6.07, 6.45) is 3.40. The van der Waals surface area contributed by atoms with Gasteiger partial charge in [-0.05, 0) is 43.8 Å². The SMILES string of the molecule is CCN(CC)CC#Cc1ccc(-c2ncc3[nH]cnc3n2)c(C)c1. The van der Waals surface area contributed by atoms with Crippen LogP contribution in [0.25, 0.3) is 22.6 Å². The van der Waals surface area contributed by atoms with Crippen LogP contribution in [0.2, 0.25) is 0 Å². The Hall–Kier alpha value is -2.71. The summed E-state index contributed by atoms with van der Waals surface area (Å²) >= 11 is 0. The van der Waals surface area contributed by atoms with Crippen molar-refractivity contribution >= 4 is 11.2 Å². The first-order valence-corrected chi connectivity index (χ1v) is 8.19. The molecule has 0 fully saturated rings. The Bertz CT molecular complexity index is 897. The van der Waals surface area contributed by atoms with E-state index in [4.69, 9.17) is 0 Å². The molecule has 0 bridgehead atoms. The number of aryl methyl sites for hydroxylation is 1. The average Bonchev–Trinajstić information content (AvgIpc) is 3.06. The third-order valence-electron chi connectivity index (χ3n) is 4.07. The Labute approximate surface area is 142 Å². The van der Waals surface area contributed by atoms with Gasteiger partial charge in [-0.25, -0.2) is 15.0 Å². The summed E-state index contributed by atoms with van der Waals surface area (Å²) in [6.45, 7) is 9.21. The van der Waals surface area contributed by atoms with Crippen LogP contribution in [-0.4, -0.2) is 44.5 Å². The molecular formula is C19H21N5. The molecular weight excluding hydrogens is 298 g/mol. The smallest absolute Gasteiger partial charge is 0.181 e. The minimum atomic E-state index is 0.683. The fourth-order valence-corrected chi connectivity index (χ4v) is 2.56. The van der Waals surface area contributed by atoms with Crippen molar-refractivity contribution in [2.45, 2.75) is 20.8 Å². The van der Waals surface area contributed by atoms with Crippen molar-refractivity contribution in [3.05, 3.63) is 41.9 Å². The van der Waals surface area contributed by atoms with Crippen molar-refractivity contribution in [2.75, 3.05) is 19.6 Å². The molecule has 3 rings (SSSR count). The number of hydrogen-bond donors (Lipinski definition) is 1. The van der Waals surface area contributed by atoms with Gasteiger partial charge in [0.25, 0.3) is 0 Å². The van der Waals surface area contributed by atoms with Crippen LogP contribution in [0.4, 0.5) is 0 Å². The summed E-state index contributed by atoms with van der Waals surface area (Å²) in [5.74, 6) is 7.17. The van der Waals surface area contributed by atoms with Crippen molar-refractivity contribution in [1.29, 1.82) is 0 Å². The van der Waals surface area contributed by atoms with Gasteiger partial charge in [0.1, 0.15) is 5.52 Å². The van der Waals surface area contributed by atoms with E-state index in [1.807, 2.05) is 12.1 Å². The molecule has 0 unspecified atom stereocenters. The van der Waals surface area contributed by atoms with Crippen molar-refractivity contribution in [1.82, 2.24) is 24.8 Å². The molecule has 122 valence electrons. The minimum Gasteiger partial charge on any atom is -0.342 e. The lowest BCUT2D eigenvalue weighted by atomic mass is 10.0. The zero-order chi connectivity index (χ0) is 16.9. The first kappa shape index (κ1) is 16.2. The van der Waals surface area contributed by atoms with E-state index in [9.17, 15) is 0 Å². The highest BCUT2D eigenvalue weighted by Gasteiger charge is 2.07. The molecule has 3 aromatic rings. The molecule has 0 atom stereocenters. The number of aromatic amines is 1. The number of benzene rings is 1. The van der Waals surface area contributed by atoms with Crippen LogP contribution in [-0.2, 0) is 0 Å². The normalized spacial score (nSPS) is 10.8. The van der Waals surface area contributed by atoms with E-state index in [0.29, 0.717) is 11.5 Å². The standard InChI is InChI=1S/C19H21N5/c1-4-24(5-2)10-6-7-15-8-9-16(14(3)11-15)18-20-12-17-19(23-18)22-13-21-17/h8-9,11-13H,4-5,10H2,1-3H3,(H,20,21,22,23). The molecule has 0 amide bonds. The van der Waals surface area contributed by atoms with Gasteiger partial charge in [0.15, 0.2) is 11.5 Å². The molecule has 1 N–H and O–H groups in total. The molecule has 0 aliphatic rings. The molecule has 0 saturated carbocycles. The summed E-state index contributed by atoms with van der Waals surface area (Å²) < 4.78 is 0. The van der Waals surface area contributed by atoms with Gasteiger partial charge >= 0.3 is 0 Å². The number of nitrogens with zero attached hydrogens (tertiary/aromatic N) is 4. The Balaban J connectivity index is 1.83. The summed E-state index contributed by atoms with van der Waals surface area (Å²) in [7, 11) is 0. The van der Waals surface area contributed by atoms with Crippen LogP contribution in [0.1, 0.15) is 25.0 Å². The van der Waals surface area contributed by atoms with Crippen molar-refractivity contribution in [3.63, 3.8) is 0 Å². The van der Waals surface area contributed by atoms with E-state index in [1.54, 1.807) is 12.5 Å². The fraction of sp³-hybridized carbons (Fsp3) is 0.316. The number of rotatable bonds is 4. The summed E-state index contributed by atoms with van der Waals surface area (Å²) in [5.41, 5.74) is 4.66. The van der Waals surface area contributed by atoms with Crippen molar-refractivity contribution < 1.29 is 0 Å². The number of aromatic nitrogens is 4. The Kier molecular flexibility index (Phi) is 4.88. The van der Waals surface area contributed by atoms with Gasteiger partial charge in [0, 0.05) is 11.1 Å². The third-order valence-corrected chi connectivity index (χ3v) is 4.07. The van der Waals surface area contributed by atoms with Crippen molar-refractivity contribution in [2.24, 2.45) is 0 Å². The number of imidazole rings is 1. The Morgan fingerprint density at radius 2 is 2.00 bits per heavy atom. The highest BCUT2D eigenvalue weighted by Crippen LogP contribution is 2.21. The number of fused-ring (bicyclic) bond motifs is 1. The van der Waals surface area contributed by atoms with Gasteiger partial charge in [-0.1, -0.05) is 25.7 Å². The van der Waals surface area contributed by atoms with Crippen LogP contribution in [0.15, 0.2) is 30.7 Å². The van der Waals surface area contributed by atoms with Crippen LogP contribution in [0.5, 0.6) is 0 Å². The maximum atomic E-state index is 4.51. The van der Waals surface area contributed by atoms with E-state index in [0.717, 1.165) is 41.8 Å². The lowest BCUT2D eigenvalue weighted by Crippen LogP contribution is -2.22. The molecule has 2 aromatic heterocycles. The van der Waals surface area contributed by atoms with Gasteiger partial charge in [-0.2, -0.15) is 0 Å². The number of nitrogens with one attached hydrogen (secondary N) is 1. The lowest BCUT2D eigenvalue weighted by Gasteiger charge is -2.13. The number of H-pyrrole nitrogens is 1. The van der Waals surface area contributed by atoms with E-state index in [2.05, 4.69) is 63.5 Å². The summed E-state index contributed by atoms with van der Waals surface area (Å²) in [4.78, 5) is 18.4. The average molecular weight is 319 g/mol. The van der Waals surface area contributed by atoms with Gasteiger partial charge in [0.2, 0.25) is 0 Å². The van der Waals surface area contributed by atoms with E-state index >= 15 is 0 Å². The maximum absolute atomic E-state index is 4.51. The zero-order valence-electron chi connectivity index (χ0n) is 14.3. The molecule has 2 heterocycles. The molecule has 24 heavy (non-hydrogen) atoms. The second kappa shape index (κ2) is 7.24. The molecule has 0 spiro atoms. The largest absolute Gasteiger partial charge is 0.342 e. The highest BCUT2D eigenvalue weighted by molar-refractivity contribution is 5.72. The van der Waals surface area contributed by atoms with Crippen molar-refractivity contribution in [3.8, 4) is 23.2 Å². The predicted molar refractivity (Wildman–Crippen MR) is 96.5 cm³/mol. The summed E-state index contributed by atoms with van der Waals surface area (Å²) in [6, 6.07) is 6.14. The molecule has 0 saturated heterocycles. The lowest BCUT2D eigenvalue weighted by molar-refractivity contribution is 0.342. The molecule has 5 heteroatoms. The summed E-state index contributed by atoms with van der Waals surface area (Å²) in [5, 5.41) is 0. The zero-order valence-corrected chi connectivity index (χ0v) is 14.3. The van der Waals surface area contributed by atoms with E-state index in [1.165, 1.54) is 0 Å². The monoisotopic (exact) mass is 319 g/mol. The van der Waals surface area contributed by atoms with Gasteiger partial charge < -0.3 is 4.98 Å². The van der Waals surface area contributed by atoms with Crippen LogP contribution >= 0.6 is 0 Å². The van der Waals surface area contributed by atoms with E-state index < -0.39 is 0 Å². The Morgan fingerprint density at radius 1 is 1.17 bits per heavy atom. The fourth-order valence-electron chi connectivity index (χ4n) is 2.56. The molecule has 0 aliphatic heterocycles. The van der Waals surface area contributed by atoms with E-state index in [-0.39, 0.29) is 0 Å². The van der Waals surface area contributed by atoms with Gasteiger partial charge in [-0.15, -0.1) is 0 Å².